The van der Waals surface area contributed by atoms with E-state index in [9.17, 15) is 9.59 Å². The van der Waals surface area contributed by atoms with Crippen molar-refractivity contribution in [3.63, 3.8) is 0 Å². The summed E-state index contributed by atoms with van der Waals surface area (Å²) in [5.41, 5.74) is 1.06. The summed E-state index contributed by atoms with van der Waals surface area (Å²) >= 11 is 0. The van der Waals surface area contributed by atoms with Gasteiger partial charge in [-0.15, -0.1) is 0 Å². The Bertz CT molecular complexity index is 700. The first kappa shape index (κ1) is 16.0. The largest absolute Gasteiger partial charge is 0.365 e. The molecule has 0 aliphatic heterocycles. The first-order valence-electron chi connectivity index (χ1n) is 6.84. The average molecular weight is 306 g/mol. The summed E-state index contributed by atoms with van der Waals surface area (Å²) in [5.74, 6) is -0.241. The van der Waals surface area contributed by atoms with Crippen LogP contribution in [0.2, 0.25) is 0 Å². The highest BCUT2D eigenvalue weighted by Crippen LogP contribution is 2.07. The molecule has 3 aromatic rings. The van der Waals surface area contributed by atoms with Crippen LogP contribution in [0.15, 0.2) is 89.9 Å². The maximum absolute atomic E-state index is 10.3. The highest BCUT2D eigenvalue weighted by atomic mass is 16.5. The second-order valence-electron chi connectivity index (χ2n) is 4.36. The van der Waals surface area contributed by atoms with Crippen LogP contribution in [0.3, 0.4) is 0 Å². The Morgan fingerprint density at radius 1 is 0.739 bits per heavy atom. The topological polar surface area (TPSA) is 73.1 Å². The molecule has 1 aromatic carbocycles. The maximum Gasteiger partial charge on any atom is 0.178 e. The van der Waals surface area contributed by atoms with Crippen LogP contribution in [-0.4, -0.2) is 21.7 Å². The molecule has 0 N–H and O–H groups in total. The molecule has 0 fully saturated rings. The van der Waals surface area contributed by atoms with E-state index in [-0.39, 0.29) is 11.6 Å². The number of carbonyl (C=O) groups is 2. The molecule has 1 aliphatic carbocycles. The van der Waals surface area contributed by atoms with E-state index in [1.165, 1.54) is 36.0 Å². The number of fused-ring (bicyclic) bond motifs is 1. The maximum atomic E-state index is 10.3. The lowest BCUT2D eigenvalue weighted by molar-refractivity contribution is -0.113. The fourth-order valence-electron chi connectivity index (χ4n) is 1.63. The minimum atomic E-state index is -0.121. The van der Waals surface area contributed by atoms with E-state index in [0.717, 1.165) is 5.52 Å². The van der Waals surface area contributed by atoms with Gasteiger partial charge in [0.15, 0.2) is 11.6 Å². The Morgan fingerprint density at radius 3 is 1.91 bits per heavy atom. The van der Waals surface area contributed by atoms with E-state index in [4.69, 9.17) is 0 Å². The minimum absolute atomic E-state index is 0.121. The number of allylic oxidation sites excluding steroid dienone is 4. The lowest BCUT2D eigenvalue weighted by Crippen LogP contribution is -1.97. The normalized spacial score (nSPS) is 12.2. The molecule has 0 spiro atoms. The second-order valence-corrected chi connectivity index (χ2v) is 4.36. The fourth-order valence-corrected chi connectivity index (χ4v) is 1.63. The predicted octanol–water partition coefficient (Wildman–Crippen LogP) is 3.16. The summed E-state index contributed by atoms with van der Waals surface area (Å²) in [6.07, 6.45) is 9.91. The van der Waals surface area contributed by atoms with Gasteiger partial charge in [-0.25, -0.2) is 0 Å². The van der Waals surface area contributed by atoms with Gasteiger partial charge in [0.05, 0.1) is 11.7 Å². The number of para-hydroxylation sites is 1. The number of aromatic nitrogens is 2. The fraction of sp³-hybridized carbons (Fsp3) is 0. The van der Waals surface area contributed by atoms with Crippen molar-refractivity contribution >= 4 is 22.5 Å². The quantitative estimate of drug-likeness (QED) is 0.596. The Kier molecular flexibility index (Phi) is 6.16. The molecule has 0 unspecified atom stereocenters. The van der Waals surface area contributed by atoms with Gasteiger partial charge in [-0.05, 0) is 42.5 Å². The van der Waals surface area contributed by atoms with Crippen molar-refractivity contribution in [2.24, 2.45) is 0 Å². The summed E-state index contributed by atoms with van der Waals surface area (Å²) < 4.78 is 4.33. The van der Waals surface area contributed by atoms with Crippen molar-refractivity contribution in [3.05, 3.63) is 85.4 Å². The first-order chi connectivity index (χ1) is 11.3. The molecule has 23 heavy (non-hydrogen) atoms. The molecule has 0 bridgehead atoms. The van der Waals surface area contributed by atoms with Crippen LogP contribution in [0.25, 0.3) is 10.9 Å². The summed E-state index contributed by atoms with van der Waals surface area (Å²) in [6.45, 7) is 0. The number of nitrogens with zero attached hydrogens (tertiary/aromatic N) is 2. The molecule has 2 heterocycles. The zero-order valence-corrected chi connectivity index (χ0v) is 12.2. The third-order valence-electron chi connectivity index (χ3n) is 2.68. The van der Waals surface area contributed by atoms with E-state index in [0.29, 0.717) is 0 Å². The average Bonchev–Trinajstić information content (AvgIpc) is 3.18. The molecular weight excluding hydrogens is 292 g/mol. The molecule has 0 saturated heterocycles. The van der Waals surface area contributed by atoms with Gasteiger partial charge in [-0.2, -0.15) is 0 Å². The van der Waals surface area contributed by atoms with Crippen molar-refractivity contribution in [3.8, 4) is 0 Å². The van der Waals surface area contributed by atoms with Gasteiger partial charge in [0.2, 0.25) is 0 Å². The van der Waals surface area contributed by atoms with Crippen LogP contribution in [-0.2, 0) is 9.59 Å². The van der Waals surface area contributed by atoms with Crippen molar-refractivity contribution < 1.29 is 14.1 Å². The number of ketones is 2. The third kappa shape index (κ3) is 5.89. The Labute approximate surface area is 132 Å². The molecule has 0 saturated carbocycles. The zero-order chi connectivity index (χ0) is 16.3. The Morgan fingerprint density at radius 2 is 1.39 bits per heavy atom. The molecule has 114 valence electrons. The molecule has 5 heteroatoms. The van der Waals surface area contributed by atoms with Crippen molar-refractivity contribution in [2.45, 2.75) is 0 Å². The van der Waals surface area contributed by atoms with E-state index in [2.05, 4.69) is 26.8 Å². The summed E-state index contributed by atoms with van der Waals surface area (Å²) in [4.78, 5) is 24.7. The first-order valence-corrected chi connectivity index (χ1v) is 6.84. The Balaban J connectivity index is 0.000000133. The number of hydrogen-bond acceptors (Lipinski definition) is 5. The number of rotatable bonds is 0. The predicted molar refractivity (Wildman–Crippen MR) is 86.5 cm³/mol. The highest BCUT2D eigenvalue weighted by molar-refractivity contribution is 6.14. The van der Waals surface area contributed by atoms with Gasteiger partial charge < -0.3 is 4.52 Å². The van der Waals surface area contributed by atoms with Gasteiger partial charge in [-0.1, -0.05) is 29.4 Å². The van der Waals surface area contributed by atoms with Gasteiger partial charge in [-0.3, -0.25) is 14.6 Å². The molecule has 0 amide bonds. The third-order valence-corrected chi connectivity index (χ3v) is 2.68. The molecule has 0 radical (unpaired) electrons. The number of hydrogen-bond donors (Lipinski definition) is 0. The van der Waals surface area contributed by atoms with E-state index in [1.54, 1.807) is 12.3 Å². The molecule has 0 atom stereocenters. The molecule has 5 nitrogen and oxygen atoms in total. The number of pyridine rings is 1. The Hall–Kier alpha value is -3.34. The van der Waals surface area contributed by atoms with E-state index < -0.39 is 0 Å². The lowest BCUT2D eigenvalue weighted by atomic mass is 10.2. The lowest BCUT2D eigenvalue weighted by Gasteiger charge is -1.91. The smallest absolute Gasteiger partial charge is 0.178 e. The minimum Gasteiger partial charge on any atom is -0.365 e. The highest BCUT2D eigenvalue weighted by Gasteiger charge is 1.97. The van der Waals surface area contributed by atoms with Crippen LogP contribution in [0.5, 0.6) is 0 Å². The summed E-state index contributed by atoms with van der Waals surface area (Å²) in [6, 6.07) is 13.8. The summed E-state index contributed by atoms with van der Waals surface area (Å²) in [5, 5.41) is 4.55. The summed E-state index contributed by atoms with van der Waals surface area (Å²) in [7, 11) is 0. The van der Waals surface area contributed by atoms with Gasteiger partial charge >= 0.3 is 0 Å². The number of carbonyl (C=O) groups excluding carboxylic acids is 2. The van der Waals surface area contributed by atoms with E-state index in [1.807, 2.05) is 30.5 Å². The number of benzene rings is 1. The molecular formula is C18H14N2O3. The standard InChI is InChI=1S/C9H7N.C6H4O2.C3H3NO/c1-2-6-9-8(4-1)5-3-7-10-9;7-5-1-2-6(8)4-3-5;1-2-4-5-3-1/h1-7H;1-4H;1-3H. The SMILES string of the molecule is O=C1C=CC(=O)C=C1.c1ccc2ncccc2c1.c1cnoc1. The second kappa shape index (κ2) is 8.84. The van der Waals surface area contributed by atoms with Crippen LogP contribution in [0.4, 0.5) is 0 Å². The van der Waals surface area contributed by atoms with Crippen LogP contribution >= 0.6 is 0 Å². The van der Waals surface area contributed by atoms with Crippen LogP contribution in [0.1, 0.15) is 0 Å². The van der Waals surface area contributed by atoms with Gasteiger partial charge in [0, 0.05) is 11.6 Å². The zero-order valence-electron chi connectivity index (χ0n) is 12.2. The van der Waals surface area contributed by atoms with Crippen molar-refractivity contribution in [2.75, 3.05) is 0 Å². The van der Waals surface area contributed by atoms with Gasteiger partial charge in [0.1, 0.15) is 6.26 Å². The van der Waals surface area contributed by atoms with Crippen LogP contribution < -0.4 is 0 Å². The van der Waals surface area contributed by atoms with Crippen molar-refractivity contribution in [1.82, 2.24) is 10.1 Å². The van der Waals surface area contributed by atoms with Crippen LogP contribution in [0, 0.1) is 0 Å². The van der Waals surface area contributed by atoms with Gasteiger partial charge in [0.25, 0.3) is 0 Å². The monoisotopic (exact) mass is 306 g/mol. The molecule has 1 aliphatic rings. The molecule has 2 aromatic heterocycles. The van der Waals surface area contributed by atoms with E-state index >= 15 is 0 Å². The van der Waals surface area contributed by atoms with Crippen molar-refractivity contribution in [1.29, 1.82) is 0 Å². The molecule has 4 rings (SSSR count).